The number of nitrogens with two attached hydrogens (primary N) is 1. The zero-order chi connectivity index (χ0) is 11.5. The molecule has 1 heterocycles. The molecule has 0 saturated heterocycles. The summed E-state index contributed by atoms with van der Waals surface area (Å²) in [6.07, 6.45) is 0. The van der Waals surface area contributed by atoms with Gasteiger partial charge in [0.25, 0.3) is 0 Å². The molecule has 3 N–H and O–H groups in total. The fourth-order valence-corrected chi connectivity index (χ4v) is 2.36. The van der Waals surface area contributed by atoms with Crippen LogP contribution in [0.2, 0.25) is 5.02 Å². The van der Waals surface area contributed by atoms with Crippen LogP contribution < -0.4 is 11.1 Å². The number of nitrogen functional groups attached to an aromatic ring is 1. The predicted octanol–water partition coefficient (Wildman–Crippen LogP) is 3.90. The SMILES string of the molecule is Cc1ccc(Cl)cc1NCc1sccc1N. The van der Waals surface area contributed by atoms with Gasteiger partial charge in [-0.2, -0.15) is 0 Å². The minimum absolute atomic E-state index is 0.741. The predicted molar refractivity (Wildman–Crippen MR) is 72.2 cm³/mol. The highest BCUT2D eigenvalue weighted by Crippen LogP contribution is 2.23. The van der Waals surface area contributed by atoms with Crippen LogP contribution in [-0.4, -0.2) is 0 Å². The fraction of sp³-hybridized carbons (Fsp3) is 0.167. The minimum atomic E-state index is 0.741. The maximum atomic E-state index is 5.95. The van der Waals surface area contributed by atoms with E-state index in [-0.39, 0.29) is 0 Å². The van der Waals surface area contributed by atoms with Gasteiger partial charge in [0.1, 0.15) is 0 Å². The number of hydrogen-bond donors (Lipinski definition) is 2. The highest BCUT2D eigenvalue weighted by Gasteiger charge is 2.02. The van der Waals surface area contributed by atoms with Crippen LogP contribution in [0, 0.1) is 6.92 Å². The second-order valence-electron chi connectivity index (χ2n) is 3.61. The second kappa shape index (κ2) is 4.76. The van der Waals surface area contributed by atoms with E-state index in [9.17, 15) is 0 Å². The first-order valence-electron chi connectivity index (χ1n) is 4.98. The number of anilines is 2. The topological polar surface area (TPSA) is 38.0 Å². The Balaban J connectivity index is 2.10. The average molecular weight is 253 g/mol. The lowest BCUT2D eigenvalue weighted by molar-refractivity contribution is 1.18. The Hall–Kier alpha value is -1.19. The average Bonchev–Trinajstić information content (AvgIpc) is 2.66. The maximum Gasteiger partial charge on any atom is 0.0514 e. The van der Waals surface area contributed by atoms with Crippen molar-refractivity contribution in [2.75, 3.05) is 11.1 Å². The highest BCUT2D eigenvalue weighted by molar-refractivity contribution is 7.10. The van der Waals surface area contributed by atoms with Crippen LogP contribution in [0.1, 0.15) is 10.4 Å². The van der Waals surface area contributed by atoms with Gasteiger partial charge in [-0.25, -0.2) is 0 Å². The van der Waals surface area contributed by atoms with Crippen molar-refractivity contribution in [2.45, 2.75) is 13.5 Å². The molecule has 2 nitrogen and oxygen atoms in total. The molecule has 0 unspecified atom stereocenters. The summed E-state index contributed by atoms with van der Waals surface area (Å²) in [6.45, 7) is 2.79. The first-order chi connectivity index (χ1) is 7.66. The zero-order valence-corrected chi connectivity index (χ0v) is 10.5. The van der Waals surface area contributed by atoms with E-state index in [0.717, 1.165) is 27.8 Å². The molecular weight excluding hydrogens is 240 g/mol. The Morgan fingerprint density at radius 3 is 2.88 bits per heavy atom. The molecule has 2 rings (SSSR count). The third-order valence-corrected chi connectivity index (χ3v) is 3.59. The summed E-state index contributed by atoms with van der Waals surface area (Å²) in [6, 6.07) is 7.75. The molecule has 84 valence electrons. The molecule has 0 aliphatic heterocycles. The zero-order valence-electron chi connectivity index (χ0n) is 8.96. The van der Waals surface area contributed by atoms with E-state index in [1.54, 1.807) is 11.3 Å². The first-order valence-corrected chi connectivity index (χ1v) is 6.24. The molecular formula is C12H13ClN2S. The van der Waals surface area contributed by atoms with Gasteiger partial charge in [-0.3, -0.25) is 0 Å². The number of aryl methyl sites for hydroxylation is 1. The molecule has 0 amide bonds. The van der Waals surface area contributed by atoms with Gasteiger partial charge < -0.3 is 11.1 Å². The summed E-state index contributed by atoms with van der Waals surface area (Å²) in [5.41, 5.74) is 8.90. The van der Waals surface area contributed by atoms with Gasteiger partial charge in [0.05, 0.1) is 6.54 Å². The molecule has 0 fully saturated rings. The van der Waals surface area contributed by atoms with Gasteiger partial charge in [0, 0.05) is 21.3 Å². The molecule has 0 aliphatic carbocycles. The minimum Gasteiger partial charge on any atom is -0.398 e. The monoisotopic (exact) mass is 252 g/mol. The lowest BCUT2D eigenvalue weighted by Crippen LogP contribution is -2.01. The Labute approximate surface area is 104 Å². The largest absolute Gasteiger partial charge is 0.398 e. The van der Waals surface area contributed by atoms with Crippen LogP contribution in [0.5, 0.6) is 0 Å². The summed E-state index contributed by atoms with van der Waals surface area (Å²) in [4.78, 5) is 1.15. The Morgan fingerprint density at radius 2 is 2.19 bits per heavy atom. The van der Waals surface area contributed by atoms with Crippen molar-refractivity contribution in [3.63, 3.8) is 0 Å². The van der Waals surface area contributed by atoms with E-state index in [2.05, 4.69) is 12.2 Å². The first kappa shape index (κ1) is 11.3. The van der Waals surface area contributed by atoms with Gasteiger partial charge in [0.2, 0.25) is 0 Å². The Kier molecular flexibility index (Phi) is 3.36. The quantitative estimate of drug-likeness (QED) is 0.869. The van der Waals surface area contributed by atoms with Crippen LogP contribution in [0.25, 0.3) is 0 Å². The van der Waals surface area contributed by atoms with E-state index in [4.69, 9.17) is 17.3 Å². The van der Waals surface area contributed by atoms with Crippen molar-refractivity contribution >= 4 is 34.3 Å². The van der Waals surface area contributed by atoms with Crippen LogP contribution in [0.4, 0.5) is 11.4 Å². The van der Waals surface area contributed by atoms with Crippen molar-refractivity contribution in [3.05, 3.63) is 45.1 Å². The van der Waals surface area contributed by atoms with Gasteiger partial charge in [-0.05, 0) is 36.1 Å². The molecule has 0 atom stereocenters. The number of benzene rings is 1. The van der Waals surface area contributed by atoms with Crippen LogP contribution in [-0.2, 0) is 6.54 Å². The molecule has 0 radical (unpaired) electrons. The normalized spacial score (nSPS) is 10.4. The molecule has 1 aromatic carbocycles. The lowest BCUT2D eigenvalue weighted by atomic mass is 10.2. The number of halogens is 1. The third kappa shape index (κ3) is 2.49. The van der Waals surface area contributed by atoms with E-state index in [1.807, 2.05) is 29.6 Å². The fourth-order valence-electron chi connectivity index (χ4n) is 1.45. The van der Waals surface area contributed by atoms with E-state index >= 15 is 0 Å². The van der Waals surface area contributed by atoms with Gasteiger partial charge >= 0.3 is 0 Å². The van der Waals surface area contributed by atoms with E-state index in [1.165, 1.54) is 5.56 Å². The summed E-state index contributed by atoms with van der Waals surface area (Å²) in [7, 11) is 0. The summed E-state index contributed by atoms with van der Waals surface area (Å²) in [5.74, 6) is 0. The van der Waals surface area contributed by atoms with Crippen molar-refractivity contribution in [2.24, 2.45) is 0 Å². The Morgan fingerprint density at radius 1 is 1.38 bits per heavy atom. The van der Waals surface area contributed by atoms with Crippen LogP contribution in [0.15, 0.2) is 29.6 Å². The van der Waals surface area contributed by atoms with Gasteiger partial charge in [-0.15, -0.1) is 11.3 Å². The number of nitrogens with one attached hydrogen (secondary N) is 1. The number of thiophene rings is 1. The van der Waals surface area contributed by atoms with Crippen molar-refractivity contribution < 1.29 is 0 Å². The summed E-state index contributed by atoms with van der Waals surface area (Å²) >= 11 is 7.61. The van der Waals surface area contributed by atoms with Crippen LogP contribution >= 0.6 is 22.9 Å². The molecule has 4 heteroatoms. The van der Waals surface area contributed by atoms with Crippen molar-refractivity contribution in [1.29, 1.82) is 0 Å². The lowest BCUT2D eigenvalue weighted by Gasteiger charge is -2.09. The Bertz CT molecular complexity index is 494. The summed E-state index contributed by atoms with van der Waals surface area (Å²) in [5, 5.41) is 6.08. The summed E-state index contributed by atoms with van der Waals surface area (Å²) < 4.78 is 0. The molecule has 16 heavy (non-hydrogen) atoms. The number of hydrogen-bond acceptors (Lipinski definition) is 3. The second-order valence-corrected chi connectivity index (χ2v) is 5.05. The maximum absolute atomic E-state index is 5.95. The molecule has 0 saturated carbocycles. The molecule has 0 spiro atoms. The molecule has 0 bridgehead atoms. The smallest absolute Gasteiger partial charge is 0.0514 e. The third-order valence-electron chi connectivity index (χ3n) is 2.42. The van der Waals surface area contributed by atoms with Crippen molar-refractivity contribution in [3.8, 4) is 0 Å². The van der Waals surface area contributed by atoms with E-state index in [0.29, 0.717) is 0 Å². The van der Waals surface area contributed by atoms with Crippen molar-refractivity contribution in [1.82, 2.24) is 0 Å². The van der Waals surface area contributed by atoms with Crippen LogP contribution in [0.3, 0.4) is 0 Å². The van der Waals surface area contributed by atoms with E-state index < -0.39 is 0 Å². The van der Waals surface area contributed by atoms with Gasteiger partial charge in [0.15, 0.2) is 0 Å². The molecule has 2 aromatic rings. The number of rotatable bonds is 3. The molecule has 1 aromatic heterocycles. The molecule has 0 aliphatic rings. The standard InChI is InChI=1S/C12H13ClN2S/c1-8-2-3-9(13)6-11(8)15-7-12-10(14)4-5-16-12/h2-6,15H,7,14H2,1H3. The highest BCUT2D eigenvalue weighted by atomic mass is 35.5. The van der Waals surface area contributed by atoms with Gasteiger partial charge in [-0.1, -0.05) is 17.7 Å².